The molecule has 0 fully saturated rings. The predicted octanol–water partition coefficient (Wildman–Crippen LogP) is 1.25. The van der Waals surface area contributed by atoms with E-state index in [-0.39, 0.29) is 0 Å². The third-order valence-electron chi connectivity index (χ3n) is 0.872. The second-order valence-electron chi connectivity index (χ2n) is 1.59. The van der Waals surface area contributed by atoms with Crippen molar-refractivity contribution in [3.8, 4) is 0 Å². The molecule has 6 heteroatoms. The molecule has 0 amide bonds. The maximum absolute atomic E-state index is 10.7. The molecule has 0 saturated carbocycles. The van der Waals surface area contributed by atoms with Crippen molar-refractivity contribution in [2.24, 2.45) is 5.14 Å². The summed E-state index contributed by atoms with van der Waals surface area (Å²) in [5, 5.41) is 6.45. The number of thiophene rings is 1. The minimum Gasteiger partial charge on any atom is -0.183 e. The predicted molar refractivity (Wildman–Crippen MR) is 45.1 cm³/mol. The molecule has 1 unspecified atom stereocenters. The molecule has 0 aliphatic carbocycles. The Balaban J connectivity index is 3.32. The normalized spacial score (nSPS) is 13.6. The number of hydrogen-bond donors (Lipinski definition) is 1. The molecule has 0 bridgehead atoms. The first-order valence-corrected chi connectivity index (χ1v) is 6.46. The van der Waals surface area contributed by atoms with Gasteiger partial charge in [-0.1, -0.05) is 0 Å². The lowest BCUT2D eigenvalue weighted by atomic mass is 10.7. The Kier molecular flexibility index (Phi) is 2.14. The summed E-state index contributed by atoms with van der Waals surface area (Å²) >= 11 is 3.09. The number of nitrogens with two attached hydrogens (primary N) is 1. The molecule has 0 aliphatic heterocycles. The number of hydrogen-bond acceptors (Lipinski definition) is 2. The third-order valence-corrected chi connectivity index (χ3v) is 6.62. The first-order chi connectivity index (χ1) is 4.52. The van der Waals surface area contributed by atoms with Gasteiger partial charge in [-0.25, -0.2) is 0 Å². The smallest absolute Gasteiger partial charge is 0.183 e. The van der Waals surface area contributed by atoms with Gasteiger partial charge >= 0.3 is 9.06 Å². The van der Waals surface area contributed by atoms with Gasteiger partial charge in [-0.05, 0) is 6.07 Å². The number of rotatable bonds is 1. The molecule has 0 spiro atoms. The van der Waals surface area contributed by atoms with Crippen LogP contribution in [-0.4, -0.2) is 8.42 Å². The zero-order valence-corrected chi connectivity index (χ0v) is 8.04. The molecule has 1 heterocycles. The Bertz CT molecular complexity index is 329. The molecule has 1 aromatic rings. The van der Waals surface area contributed by atoms with Gasteiger partial charge < -0.3 is 0 Å². The summed E-state index contributed by atoms with van der Waals surface area (Å²) in [6.07, 6.45) is 0. The summed E-state index contributed by atoms with van der Waals surface area (Å²) < 4.78 is 22.0. The summed E-state index contributed by atoms with van der Waals surface area (Å²) in [5.41, 5.74) is 0. The van der Waals surface area contributed by atoms with Gasteiger partial charge in [-0.15, -0.1) is 0 Å². The van der Waals surface area contributed by atoms with Crippen molar-refractivity contribution >= 4 is 34.5 Å². The molecule has 0 radical (unpaired) electrons. The van der Waals surface area contributed by atoms with Crippen LogP contribution in [0.1, 0.15) is 0 Å². The van der Waals surface area contributed by atoms with Gasteiger partial charge in [0, 0.05) is 22.0 Å². The molecular formula is C4H5BrNO2S2+. The average Bonchev–Trinajstić information content (AvgIpc) is 2.11. The highest BCUT2D eigenvalue weighted by Gasteiger charge is 2.22. The van der Waals surface area contributed by atoms with Crippen LogP contribution in [0.15, 0.2) is 21.3 Å². The minimum atomic E-state index is -3.43. The monoisotopic (exact) mass is 242 g/mol. The largest absolute Gasteiger partial charge is 0.407 e. The Labute approximate surface area is 69.4 Å². The molecule has 0 aromatic carbocycles. The lowest BCUT2D eigenvalue weighted by Gasteiger charge is -1.81. The van der Waals surface area contributed by atoms with Gasteiger partial charge in [0.1, 0.15) is 9.50 Å². The first-order valence-electron chi connectivity index (χ1n) is 2.32. The van der Waals surface area contributed by atoms with E-state index in [1.54, 1.807) is 17.5 Å². The Morgan fingerprint density at radius 2 is 2.20 bits per heavy atom. The van der Waals surface area contributed by atoms with Crippen LogP contribution in [-0.2, 0) is 9.06 Å². The zero-order valence-electron chi connectivity index (χ0n) is 4.82. The van der Waals surface area contributed by atoms with Crippen LogP contribution in [0.3, 0.4) is 0 Å². The fourth-order valence-electron chi connectivity index (χ4n) is 0.507. The van der Waals surface area contributed by atoms with Crippen LogP contribution in [0.25, 0.3) is 0 Å². The molecule has 0 aliphatic rings. The topological polar surface area (TPSA) is 60.2 Å². The molecule has 3 nitrogen and oxygen atoms in total. The summed E-state index contributed by atoms with van der Waals surface area (Å²) in [5.74, 6) is 0. The van der Waals surface area contributed by atoms with E-state index in [4.69, 9.17) is 5.14 Å². The zero-order chi connectivity index (χ0) is 7.78. The van der Waals surface area contributed by atoms with Crippen LogP contribution in [0.5, 0.6) is 0 Å². The van der Waals surface area contributed by atoms with E-state index in [1.165, 1.54) is 0 Å². The Morgan fingerprint density at radius 3 is 2.40 bits per heavy atom. The second kappa shape index (κ2) is 2.61. The van der Waals surface area contributed by atoms with E-state index < -0.39 is 18.6 Å². The second-order valence-corrected chi connectivity index (χ2v) is 7.73. The van der Waals surface area contributed by atoms with Crippen molar-refractivity contribution < 1.29 is 8.42 Å². The van der Waals surface area contributed by atoms with Crippen LogP contribution >= 0.6 is 25.4 Å². The van der Waals surface area contributed by atoms with Crippen LogP contribution in [0.4, 0.5) is 0 Å². The van der Waals surface area contributed by atoms with Crippen LogP contribution in [0.2, 0.25) is 0 Å². The lowest BCUT2D eigenvalue weighted by molar-refractivity contribution is 0.611. The fraction of sp³-hybridized carbons (Fsp3) is 0. The molecule has 1 atom stereocenters. The summed E-state index contributed by atoms with van der Waals surface area (Å²) in [6, 6.07) is 3.34. The van der Waals surface area contributed by atoms with Gasteiger partial charge in [0.15, 0.2) is 5.38 Å². The van der Waals surface area contributed by atoms with E-state index in [0.717, 1.165) is 0 Å². The molecule has 1 rings (SSSR count). The Morgan fingerprint density at radius 1 is 1.60 bits per heavy atom. The van der Waals surface area contributed by atoms with Gasteiger partial charge in [-0.3, -0.25) is 0 Å². The maximum Gasteiger partial charge on any atom is 0.407 e. The van der Waals surface area contributed by atoms with Crippen molar-refractivity contribution in [2.75, 3.05) is 0 Å². The number of halogens is 1. The van der Waals surface area contributed by atoms with Gasteiger partial charge in [0.25, 0.3) is 0 Å². The standard InChI is InChI=1S/C4H5BrNO2S2/c5-4-2-1-3-9(4)10(6,7)8/h1-3H,(H2,6,7,8)/q+1. The molecule has 0 saturated heterocycles. The third kappa shape index (κ3) is 1.57. The minimum absolute atomic E-state index is 0.620. The molecule has 1 aromatic heterocycles. The Hall–Kier alpha value is 0.0900. The SMILES string of the molecule is NS(=O)(=O)[s+]1cccc1Br. The molecule has 10 heavy (non-hydrogen) atoms. The van der Waals surface area contributed by atoms with Crippen molar-refractivity contribution in [3.05, 3.63) is 21.3 Å². The van der Waals surface area contributed by atoms with Gasteiger partial charge in [-0.2, -0.15) is 13.6 Å². The lowest BCUT2D eigenvalue weighted by Crippen LogP contribution is -2.06. The van der Waals surface area contributed by atoms with E-state index >= 15 is 0 Å². The van der Waals surface area contributed by atoms with E-state index in [9.17, 15) is 8.42 Å². The van der Waals surface area contributed by atoms with Crippen molar-refractivity contribution in [2.45, 2.75) is 0 Å². The molecular weight excluding hydrogens is 238 g/mol. The van der Waals surface area contributed by atoms with E-state index in [0.29, 0.717) is 3.79 Å². The van der Waals surface area contributed by atoms with E-state index in [2.05, 4.69) is 15.9 Å². The van der Waals surface area contributed by atoms with Gasteiger partial charge in [0.05, 0.1) is 0 Å². The summed E-state index contributed by atoms with van der Waals surface area (Å²) in [7, 11) is -4.37. The van der Waals surface area contributed by atoms with Gasteiger partial charge in [0.2, 0.25) is 3.79 Å². The van der Waals surface area contributed by atoms with Crippen molar-refractivity contribution in [1.82, 2.24) is 0 Å². The van der Waals surface area contributed by atoms with Crippen LogP contribution in [0, 0.1) is 0 Å². The highest BCUT2D eigenvalue weighted by atomic mass is 79.9. The maximum atomic E-state index is 10.7. The van der Waals surface area contributed by atoms with Crippen molar-refractivity contribution in [3.63, 3.8) is 0 Å². The molecule has 2 N–H and O–H groups in total. The quantitative estimate of drug-likeness (QED) is 0.596. The van der Waals surface area contributed by atoms with E-state index in [1.807, 2.05) is 0 Å². The fourth-order valence-corrected chi connectivity index (χ4v) is 5.07. The van der Waals surface area contributed by atoms with Crippen LogP contribution < -0.4 is 5.14 Å². The first kappa shape index (κ1) is 8.19. The van der Waals surface area contributed by atoms with Crippen molar-refractivity contribution in [1.29, 1.82) is 0 Å². The summed E-state index contributed by atoms with van der Waals surface area (Å²) in [6.45, 7) is 0. The summed E-state index contributed by atoms with van der Waals surface area (Å²) in [4.78, 5) is 0. The highest BCUT2D eigenvalue weighted by molar-refractivity contribution is 9.11. The molecule has 56 valence electrons. The average molecular weight is 243 g/mol. The highest BCUT2D eigenvalue weighted by Crippen LogP contribution is 2.32.